The first-order valence-electron chi connectivity index (χ1n) is 7.51. The van der Waals surface area contributed by atoms with Gasteiger partial charge in [0, 0.05) is 43.1 Å². The van der Waals surface area contributed by atoms with Gasteiger partial charge in [-0.1, -0.05) is 6.42 Å². The lowest BCUT2D eigenvalue weighted by Crippen LogP contribution is -2.40. The van der Waals surface area contributed by atoms with Crippen LogP contribution >= 0.6 is 0 Å². The van der Waals surface area contributed by atoms with E-state index in [2.05, 4.69) is 16.8 Å². The van der Waals surface area contributed by atoms with Gasteiger partial charge < -0.3 is 9.84 Å². The van der Waals surface area contributed by atoms with Crippen LogP contribution in [0.25, 0.3) is 0 Å². The molecule has 1 fully saturated rings. The number of pyridine rings is 1. The quantitative estimate of drug-likeness (QED) is 0.832. The van der Waals surface area contributed by atoms with Crippen LogP contribution < -0.4 is 4.74 Å². The molecule has 0 saturated heterocycles. The van der Waals surface area contributed by atoms with Crippen molar-refractivity contribution >= 4 is 0 Å². The molecular formula is C16H26N2O2. The van der Waals surface area contributed by atoms with E-state index >= 15 is 0 Å². The van der Waals surface area contributed by atoms with E-state index in [-0.39, 0.29) is 6.61 Å². The van der Waals surface area contributed by atoms with E-state index in [1.165, 1.54) is 19.3 Å². The molecule has 1 aliphatic rings. The third-order valence-electron chi connectivity index (χ3n) is 4.30. The monoisotopic (exact) mass is 278 g/mol. The average Bonchev–Trinajstić information content (AvgIpc) is 2.37. The van der Waals surface area contributed by atoms with Crippen LogP contribution in [0.3, 0.4) is 0 Å². The molecule has 0 unspecified atom stereocenters. The second-order valence-corrected chi connectivity index (χ2v) is 5.68. The van der Waals surface area contributed by atoms with E-state index < -0.39 is 0 Å². The van der Waals surface area contributed by atoms with Gasteiger partial charge in [-0.05, 0) is 33.1 Å². The van der Waals surface area contributed by atoms with Gasteiger partial charge in [0.15, 0.2) is 0 Å². The Kier molecular flexibility index (Phi) is 5.38. The molecule has 0 bridgehead atoms. The van der Waals surface area contributed by atoms with Crippen LogP contribution in [0.5, 0.6) is 5.75 Å². The maximum Gasteiger partial charge on any atom is 0.128 e. The molecule has 4 nitrogen and oxygen atoms in total. The van der Waals surface area contributed by atoms with Crippen LogP contribution in [0.15, 0.2) is 6.20 Å². The molecule has 0 atom stereocenters. The largest absolute Gasteiger partial charge is 0.496 e. The molecule has 0 amide bonds. The summed E-state index contributed by atoms with van der Waals surface area (Å²) in [4.78, 5) is 7.05. The van der Waals surface area contributed by atoms with E-state index in [9.17, 15) is 0 Å². The van der Waals surface area contributed by atoms with Crippen LogP contribution in [-0.2, 0) is 6.54 Å². The fraction of sp³-hybridized carbons (Fsp3) is 0.688. The SMILES string of the molecule is COc1c(C)cnc(CN(CCCO)C2CCC2)c1C. The Bertz CT molecular complexity index is 444. The Balaban J connectivity index is 2.13. The number of hydrogen-bond donors (Lipinski definition) is 1. The zero-order valence-electron chi connectivity index (χ0n) is 12.9. The van der Waals surface area contributed by atoms with Crippen molar-refractivity contribution in [2.75, 3.05) is 20.3 Å². The van der Waals surface area contributed by atoms with Gasteiger partial charge in [-0.3, -0.25) is 9.88 Å². The Morgan fingerprint density at radius 1 is 1.40 bits per heavy atom. The van der Waals surface area contributed by atoms with Gasteiger partial charge in [0.2, 0.25) is 0 Å². The summed E-state index contributed by atoms with van der Waals surface area (Å²) in [7, 11) is 1.72. The Morgan fingerprint density at radius 2 is 2.15 bits per heavy atom. The molecule has 112 valence electrons. The van der Waals surface area contributed by atoms with Gasteiger partial charge >= 0.3 is 0 Å². The first-order valence-corrected chi connectivity index (χ1v) is 7.51. The summed E-state index contributed by atoms with van der Waals surface area (Å²) < 4.78 is 5.48. The van der Waals surface area contributed by atoms with Crippen molar-refractivity contribution in [1.29, 1.82) is 0 Å². The van der Waals surface area contributed by atoms with Gasteiger partial charge in [0.25, 0.3) is 0 Å². The van der Waals surface area contributed by atoms with Crippen LogP contribution in [0.4, 0.5) is 0 Å². The molecule has 0 aliphatic heterocycles. The minimum Gasteiger partial charge on any atom is -0.496 e. The number of aryl methyl sites for hydroxylation is 1. The van der Waals surface area contributed by atoms with Gasteiger partial charge in [-0.15, -0.1) is 0 Å². The van der Waals surface area contributed by atoms with Crippen LogP contribution in [0.2, 0.25) is 0 Å². The van der Waals surface area contributed by atoms with Crippen molar-refractivity contribution in [3.05, 3.63) is 23.0 Å². The van der Waals surface area contributed by atoms with Gasteiger partial charge in [-0.2, -0.15) is 0 Å². The van der Waals surface area contributed by atoms with E-state index in [1.54, 1.807) is 7.11 Å². The smallest absolute Gasteiger partial charge is 0.128 e. The molecule has 1 aromatic heterocycles. The molecular weight excluding hydrogens is 252 g/mol. The first kappa shape index (κ1) is 15.3. The van der Waals surface area contributed by atoms with E-state index in [0.29, 0.717) is 6.04 Å². The normalized spacial score (nSPS) is 15.4. The summed E-state index contributed by atoms with van der Waals surface area (Å²) in [5.74, 6) is 0.950. The summed E-state index contributed by atoms with van der Waals surface area (Å²) in [5, 5.41) is 9.06. The molecule has 2 rings (SSSR count). The molecule has 1 aromatic rings. The van der Waals surface area contributed by atoms with Crippen LogP contribution in [-0.4, -0.2) is 41.3 Å². The molecule has 4 heteroatoms. The maximum atomic E-state index is 9.06. The number of ether oxygens (including phenoxy) is 1. The zero-order chi connectivity index (χ0) is 14.5. The predicted molar refractivity (Wildman–Crippen MR) is 80.0 cm³/mol. The van der Waals surface area contributed by atoms with Crippen molar-refractivity contribution < 1.29 is 9.84 Å². The van der Waals surface area contributed by atoms with E-state index in [0.717, 1.165) is 42.1 Å². The summed E-state index contributed by atoms with van der Waals surface area (Å²) in [5.41, 5.74) is 3.32. The van der Waals surface area contributed by atoms with Gasteiger partial charge in [-0.25, -0.2) is 0 Å². The third kappa shape index (κ3) is 3.30. The van der Waals surface area contributed by atoms with Crippen molar-refractivity contribution in [1.82, 2.24) is 9.88 Å². The topological polar surface area (TPSA) is 45.6 Å². The highest BCUT2D eigenvalue weighted by atomic mass is 16.5. The highest BCUT2D eigenvalue weighted by Gasteiger charge is 2.25. The molecule has 1 heterocycles. The maximum absolute atomic E-state index is 9.06. The minimum atomic E-state index is 0.257. The molecule has 1 N–H and O–H groups in total. The molecule has 1 saturated carbocycles. The average molecular weight is 278 g/mol. The molecule has 0 aromatic carbocycles. The lowest BCUT2D eigenvalue weighted by molar-refractivity contribution is 0.107. The Morgan fingerprint density at radius 3 is 2.70 bits per heavy atom. The number of aromatic nitrogens is 1. The highest BCUT2D eigenvalue weighted by molar-refractivity contribution is 5.41. The first-order chi connectivity index (χ1) is 9.67. The Hall–Kier alpha value is -1.13. The molecule has 0 spiro atoms. The summed E-state index contributed by atoms with van der Waals surface area (Å²) in [6, 6.07) is 0.662. The van der Waals surface area contributed by atoms with Crippen molar-refractivity contribution in [3.63, 3.8) is 0 Å². The standard InChI is InChI=1S/C16H26N2O2/c1-12-10-17-15(13(2)16(12)20-3)11-18(8-5-9-19)14-6-4-7-14/h10,14,19H,4-9,11H2,1-3H3. The van der Waals surface area contributed by atoms with Gasteiger partial charge in [0.05, 0.1) is 12.8 Å². The van der Waals surface area contributed by atoms with Crippen LogP contribution in [0.1, 0.15) is 42.5 Å². The van der Waals surface area contributed by atoms with Crippen LogP contribution in [0, 0.1) is 13.8 Å². The molecule has 0 radical (unpaired) electrons. The highest BCUT2D eigenvalue weighted by Crippen LogP contribution is 2.29. The third-order valence-corrected chi connectivity index (χ3v) is 4.30. The van der Waals surface area contributed by atoms with Crippen molar-refractivity contribution in [2.24, 2.45) is 0 Å². The number of methoxy groups -OCH3 is 1. The Labute approximate surface area is 121 Å². The minimum absolute atomic E-state index is 0.257. The van der Waals surface area contributed by atoms with E-state index in [4.69, 9.17) is 9.84 Å². The number of nitrogens with zero attached hydrogens (tertiary/aromatic N) is 2. The number of aliphatic hydroxyl groups excluding tert-OH is 1. The van der Waals surface area contributed by atoms with Crippen molar-refractivity contribution in [2.45, 2.75) is 52.1 Å². The fourth-order valence-corrected chi connectivity index (χ4v) is 2.84. The van der Waals surface area contributed by atoms with Crippen molar-refractivity contribution in [3.8, 4) is 5.75 Å². The molecule has 20 heavy (non-hydrogen) atoms. The number of hydrogen-bond acceptors (Lipinski definition) is 4. The zero-order valence-corrected chi connectivity index (χ0v) is 12.9. The van der Waals surface area contributed by atoms with Gasteiger partial charge in [0.1, 0.15) is 5.75 Å². The summed E-state index contributed by atoms with van der Waals surface area (Å²) >= 11 is 0. The van der Waals surface area contributed by atoms with E-state index in [1.807, 2.05) is 13.1 Å². The number of rotatable bonds is 7. The summed E-state index contributed by atoms with van der Waals surface area (Å²) in [6.07, 6.45) is 6.59. The lowest BCUT2D eigenvalue weighted by atomic mass is 9.91. The summed E-state index contributed by atoms with van der Waals surface area (Å²) in [6.45, 7) is 6.16. The second-order valence-electron chi connectivity index (χ2n) is 5.68. The molecule has 1 aliphatic carbocycles. The second kappa shape index (κ2) is 7.04. The number of aliphatic hydroxyl groups is 1. The fourth-order valence-electron chi connectivity index (χ4n) is 2.84. The lowest BCUT2D eigenvalue weighted by Gasteiger charge is -2.37. The predicted octanol–water partition coefficient (Wildman–Crippen LogP) is 2.44.